The molecule has 4 N–H and O–H groups in total. The van der Waals surface area contributed by atoms with Gasteiger partial charge >= 0.3 is 0 Å². The van der Waals surface area contributed by atoms with E-state index in [9.17, 15) is 19.2 Å². The van der Waals surface area contributed by atoms with Gasteiger partial charge in [0.2, 0.25) is 11.8 Å². The molecule has 9 nitrogen and oxygen atoms in total. The van der Waals surface area contributed by atoms with Crippen LogP contribution in [0.5, 0.6) is 0 Å². The molecule has 0 aliphatic rings. The summed E-state index contributed by atoms with van der Waals surface area (Å²) in [4.78, 5) is 55.7. The number of rotatable bonds is 8. The van der Waals surface area contributed by atoms with E-state index in [-0.39, 0.29) is 34.9 Å². The minimum atomic E-state index is -0.660. The number of halogens is 1. The molecule has 0 aliphatic carbocycles. The van der Waals surface area contributed by atoms with Crippen molar-refractivity contribution in [2.45, 2.75) is 18.6 Å². The highest BCUT2D eigenvalue weighted by atomic mass is 35.5. The molecule has 0 saturated heterocycles. The zero-order valence-electron chi connectivity index (χ0n) is 16.7. The third-order valence-electron chi connectivity index (χ3n) is 3.95. The molecule has 3 rings (SSSR count). The Hall–Kier alpha value is -3.15. The monoisotopic (exact) mass is 491 g/mol. The molecule has 0 aliphatic heterocycles. The average Bonchev–Trinajstić information content (AvgIpc) is 3.28. The molecule has 0 fully saturated rings. The van der Waals surface area contributed by atoms with Gasteiger partial charge < -0.3 is 16.0 Å². The van der Waals surface area contributed by atoms with Crippen LogP contribution in [-0.4, -0.2) is 33.4 Å². The van der Waals surface area contributed by atoms with Crippen LogP contribution in [0.25, 0.3) is 0 Å². The molecule has 12 heteroatoms. The van der Waals surface area contributed by atoms with E-state index in [1.54, 1.807) is 35.7 Å². The van der Waals surface area contributed by atoms with Gasteiger partial charge in [-0.3, -0.25) is 24.2 Å². The van der Waals surface area contributed by atoms with Gasteiger partial charge in [0.05, 0.1) is 10.6 Å². The summed E-state index contributed by atoms with van der Waals surface area (Å²) in [6.45, 7) is 1.51. The molecular formula is C20H18ClN5O4S2. The van der Waals surface area contributed by atoms with Crippen LogP contribution < -0.4 is 21.5 Å². The van der Waals surface area contributed by atoms with Crippen LogP contribution >= 0.6 is 34.7 Å². The molecule has 32 heavy (non-hydrogen) atoms. The third-order valence-corrected chi connectivity index (χ3v) is 6.06. The van der Waals surface area contributed by atoms with Crippen molar-refractivity contribution in [2.24, 2.45) is 0 Å². The summed E-state index contributed by atoms with van der Waals surface area (Å²) in [5.41, 5.74) is -0.0726. The Morgan fingerprint density at radius 3 is 2.62 bits per heavy atom. The second-order valence-electron chi connectivity index (χ2n) is 6.36. The van der Waals surface area contributed by atoms with Crippen molar-refractivity contribution in [2.75, 3.05) is 16.4 Å². The number of benzene rings is 1. The van der Waals surface area contributed by atoms with Crippen LogP contribution in [0.4, 0.5) is 11.5 Å². The summed E-state index contributed by atoms with van der Waals surface area (Å²) in [6.07, 6.45) is 0. The van der Waals surface area contributed by atoms with E-state index in [1.807, 2.05) is 6.07 Å². The summed E-state index contributed by atoms with van der Waals surface area (Å²) < 4.78 is 0. The van der Waals surface area contributed by atoms with Crippen molar-refractivity contribution in [1.29, 1.82) is 0 Å². The number of aromatic amines is 1. The lowest BCUT2D eigenvalue weighted by Gasteiger charge is -2.11. The number of hydrogen-bond donors (Lipinski definition) is 4. The number of anilines is 2. The van der Waals surface area contributed by atoms with Gasteiger partial charge in [-0.25, -0.2) is 4.98 Å². The zero-order chi connectivity index (χ0) is 23.1. The minimum absolute atomic E-state index is 0.0339. The zero-order valence-corrected chi connectivity index (χ0v) is 19.1. The Balaban J connectivity index is 1.68. The van der Waals surface area contributed by atoms with Crippen molar-refractivity contribution in [3.05, 3.63) is 67.6 Å². The van der Waals surface area contributed by atoms with E-state index in [0.717, 1.165) is 17.3 Å². The molecule has 0 saturated carbocycles. The van der Waals surface area contributed by atoms with Crippen LogP contribution in [0.1, 0.15) is 22.2 Å². The van der Waals surface area contributed by atoms with Gasteiger partial charge in [0.1, 0.15) is 0 Å². The van der Waals surface area contributed by atoms with Crippen LogP contribution in [0.15, 0.2) is 51.7 Å². The van der Waals surface area contributed by atoms with E-state index in [2.05, 4.69) is 25.9 Å². The maximum atomic E-state index is 12.6. The first kappa shape index (κ1) is 23.5. The van der Waals surface area contributed by atoms with Crippen LogP contribution in [0.2, 0.25) is 5.02 Å². The Morgan fingerprint density at radius 2 is 1.94 bits per heavy atom. The molecule has 3 aromatic rings. The van der Waals surface area contributed by atoms with Crippen LogP contribution in [0.3, 0.4) is 0 Å². The fourth-order valence-electron chi connectivity index (χ4n) is 2.50. The number of carbonyl (C=O) groups is 3. The maximum Gasteiger partial charge on any atom is 0.277 e. The number of carbonyl (C=O) groups excluding carboxylic acids is 3. The number of hydrogen-bond acceptors (Lipinski definition) is 7. The Kier molecular flexibility index (Phi) is 8.03. The van der Waals surface area contributed by atoms with Crippen molar-refractivity contribution >= 4 is 63.9 Å². The highest BCUT2D eigenvalue weighted by Gasteiger charge is 2.18. The summed E-state index contributed by atoms with van der Waals surface area (Å²) in [5.74, 6) is -1.41. The fourth-order valence-corrected chi connectivity index (χ4v) is 4.01. The Bertz CT molecular complexity index is 1200. The molecule has 166 valence electrons. The van der Waals surface area contributed by atoms with E-state index in [4.69, 9.17) is 11.6 Å². The van der Waals surface area contributed by atoms with Crippen molar-refractivity contribution in [1.82, 2.24) is 15.3 Å². The summed E-state index contributed by atoms with van der Waals surface area (Å²) in [5, 5.41) is 10.0. The third kappa shape index (κ3) is 6.42. The van der Waals surface area contributed by atoms with Gasteiger partial charge in [-0.1, -0.05) is 47.6 Å². The number of amides is 3. The summed E-state index contributed by atoms with van der Waals surface area (Å²) in [6, 6.07) is 10.5. The number of aromatic nitrogens is 2. The van der Waals surface area contributed by atoms with Crippen molar-refractivity contribution < 1.29 is 14.4 Å². The smallest absolute Gasteiger partial charge is 0.277 e. The minimum Gasteiger partial charge on any atom is -0.351 e. The number of thiophene rings is 1. The predicted molar refractivity (Wildman–Crippen MR) is 125 cm³/mol. The first-order valence-electron chi connectivity index (χ1n) is 9.23. The molecular weight excluding hydrogens is 474 g/mol. The lowest BCUT2D eigenvalue weighted by Crippen LogP contribution is -2.26. The second-order valence-corrected chi connectivity index (χ2v) is 8.68. The normalized spacial score (nSPS) is 10.4. The van der Waals surface area contributed by atoms with Crippen LogP contribution in [0, 0.1) is 0 Å². The first-order chi connectivity index (χ1) is 15.3. The van der Waals surface area contributed by atoms with Crippen molar-refractivity contribution in [3.63, 3.8) is 0 Å². The summed E-state index contributed by atoms with van der Waals surface area (Å²) in [7, 11) is 0. The average molecular weight is 492 g/mol. The largest absolute Gasteiger partial charge is 0.351 e. The van der Waals surface area contributed by atoms with Gasteiger partial charge in [0.25, 0.3) is 11.5 Å². The molecule has 1 aromatic carbocycles. The van der Waals surface area contributed by atoms with Gasteiger partial charge in [-0.05, 0) is 23.1 Å². The van der Waals surface area contributed by atoms with Gasteiger partial charge in [0.15, 0.2) is 16.7 Å². The quantitative estimate of drug-likeness (QED) is 0.282. The second kappa shape index (κ2) is 10.9. The van der Waals surface area contributed by atoms with Gasteiger partial charge in [-0.15, -0.1) is 11.3 Å². The highest BCUT2D eigenvalue weighted by Crippen LogP contribution is 2.21. The van der Waals surface area contributed by atoms with Gasteiger partial charge in [-0.2, -0.15) is 0 Å². The number of nitrogens with one attached hydrogen (secondary N) is 4. The highest BCUT2D eigenvalue weighted by molar-refractivity contribution is 7.99. The molecule has 0 spiro atoms. The molecule has 0 radical (unpaired) electrons. The Morgan fingerprint density at radius 1 is 1.16 bits per heavy atom. The topological polar surface area (TPSA) is 133 Å². The fraction of sp³-hybridized carbons (Fsp3) is 0.150. The molecule has 2 aromatic heterocycles. The Labute approximate surface area is 196 Å². The van der Waals surface area contributed by atoms with E-state index >= 15 is 0 Å². The van der Waals surface area contributed by atoms with E-state index in [1.165, 1.54) is 18.3 Å². The lowest BCUT2D eigenvalue weighted by atomic mass is 10.2. The van der Waals surface area contributed by atoms with Crippen LogP contribution in [-0.2, 0) is 16.1 Å². The standard InChI is InChI=1S/C20H18ClN5O4S2/c1-11(27)23-17-16(24-18(29)14-7-4-8-31-14)19(30)26-20(25-17)32-10-15(28)22-9-12-5-2-3-6-13(12)21/h2-8H,9-10H2,1H3,(H,22,28)(H,24,29)(H2,23,25,26,27,30). The number of H-pyrrole nitrogens is 1. The lowest BCUT2D eigenvalue weighted by molar-refractivity contribution is -0.118. The maximum absolute atomic E-state index is 12.6. The van der Waals surface area contributed by atoms with E-state index in [0.29, 0.717) is 9.90 Å². The molecule has 0 unspecified atom stereocenters. The number of nitrogens with zero attached hydrogens (tertiary/aromatic N) is 1. The molecule has 0 atom stereocenters. The van der Waals surface area contributed by atoms with E-state index < -0.39 is 17.4 Å². The summed E-state index contributed by atoms with van der Waals surface area (Å²) >= 11 is 8.25. The van der Waals surface area contributed by atoms with Gasteiger partial charge in [0, 0.05) is 18.5 Å². The molecule has 2 heterocycles. The SMILES string of the molecule is CC(=O)Nc1nc(SCC(=O)NCc2ccccc2Cl)[nH]c(=O)c1NC(=O)c1cccs1. The van der Waals surface area contributed by atoms with Crippen molar-refractivity contribution in [3.8, 4) is 0 Å². The first-order valence-corrected chi connectivity index (χ1v) is 11.5. The number of thioether (sulfide) groups is 1. The molecule has 3 amide bonds. The molecule has 0 bridgehead atoms. The predicted octanol–water partition coefficient (Wildman–Crippen LogP) is 3.10.